The predicted molar refractivity (Wildman–Crippen MR) is 63.1 cm³/mol. The van der Waals surface area contributed by atoms with Crippen LogP contribution in [-0.4, -0.2) is 5.78 Å². The van der Waals surface area contributed by atoms with Crippen molar-refractivity contribution in [1.82, 2.24) is 0 Å². The normalized spacial score (nSPS) is 10.9. The second-order valence-electron chi connectivity index (χ2n) is 4.81. The summed E-state index contributed by atoms with van der Waals surface area (Å²) in [6.45, 7) is 6.63. The summed E-state index contributed by atoms with van der Waals surface area (Å²) < 4.78 is 0. The minimum atomic E-state index is 0. The predicted octanol–water partition coefficient (Wildman–Crippen LogP) is 1.26. The van der Waals surface area contributed by atoms with Crippen LogP contribution >= 0.6 is 11.3 Å². The average molecular weight is 250 g/mol. The standard InChI is InChI=1S/C12H18OS.K.H/c1-12(2,3)8-4-6-10(13)11-7-5-9-14-11;;/h5,7,9H,4,6,8H2,1-3H3;;/q;+1;-1. The van der Waals surface area contributed by atoms with Gasteiger partial charge in [-0.25, -0.2) is 0 Å². The van der Waals surface area contributed by atoms with E-state index in [4.69, 9.17) is 0 Å². The molecule has 15 heavy (non-hydrogen) atoms. The van der Waals surface area contributed by atoms with Gasteiger partial charge in [-0.2, -0.15) is 0 Å². The van der Waals surface area contributed by atoms with Crippen LogP contribution in [0.3, 0.4) is 0 Å². The zero-order valence-electron chi connectivity index (χ0n) is 11.2. The number of ketones is 1. The van der Waals surface area contributed by atoms with Gasteiger partial charge in [-0.3, -0.25) is 4.79 Å². The topological polar surface area (TPSA) is 17.1 Å². The van der Waals surface area contributed by atoms with Crippen molar-refractivity contribution in [3.63, 3.8) is 0 Å². The van der Waals surface area contributed by atoms with Crippen molar-refractivity contribution in [2.24, 2.45) is 5.41 Å². The maximum absolute atomic E-state index is 11.6. The molecule has 0 saturated heterocycles. The number of carbonyl (C=O) groups excluding carboxylic acids is 1. The molecule has 3 heteroatoms. The van der Waals surface area contributed by atoms with E-state index < -0.39 is 0 Å². The first-order valence-corrected chi connectivity index (χ1v) is 5.94. The Labute approximate surface area is 141 Å². The molecule has 1 aromatic heterocycles. The molecule has 0 unspecified atom stereocenters. The first kappa shape index (κ1) is 16.0. The first-order valence-electron chi connectivity index (χ1n) is 5.06. The van der Waals surface area contributed by atoms with Crippen molar-refractivity contribution in [2.75, 3.05) is 0 Å². The Kier molecular flexibility index (Phi) is 7.85. The molecule has 0 aliphatic carbocycles. The molecule has 1 rings (SSSR count). The number of hydrogen-bond donors (Lipinski definition) is 0. The van der Waals surface area contributed by atoms with Gasteiger partial charge in [0.2, 0.25) is 0 Å². The molecule has 0 bridgehead atoms. The van der Waals surface area contributed by atoms with E-state index in [1.54, 1.807) is 0 Å². The summed E-state index contributed by atoms with van der Waals surface area (Å²) in [6, 6.07) is 3.84. The Balaban J connectivity index is 0. The molecule has 0 radical (unpaired) electrons. The molecule has 80 valence electrons. The number of carbonyl (C=O) groups is 1. The third kappa shape index (κ3) is 7.03. The summed E-state index contributed by atoms with van der Waals surface area (Å²) in [5, 5.41) is 1.96. The van der Waals surface area contributed by atoms with Gasteiger partial charge in [-0.05, 0) is 29.7 Å². The fraction of sp³-hybridized carbons (Fsp3) is 0.583. The Bertz CT molecular complexity index is 290. The minimum absolute atomic E-state index is 0. The summed E-state index contributed by atoms with van der Waals surface area (Å²) in [4.78, 5) is 12.5. The van der Waals surface area contributed by atoms with E-state index in [-0.39, 0.29) is 52.8 Å². The van der Waals surface area contributed by atoms with Crippen LogP contribution < -0.4 is 51.4 Å². The quantitative estimate of drug-likeness (QED) is 0.581. The monoisotopic (exact) mass is 250 g/mol. The molecule has 0 amide bonds. The largest absolute Gasteiger partial charge is 1.00 e. The van der Waals surface area contributed by atoms with Crippen LogP contribution in [-0.2, 0) is 0 Å². The van der Waals surface area contributed by atoms with Crippen molar-refractivity contribution in [2.45, 2.75) is 40.0 Å². The molecule has 0 aliphatic heterocycles. The maximum atomic E-state index is 11.6. The Hall–Kier alpha value is 1.01. The SMILES string of the molecule is CC(C)(C)CCCC(=O)c1cccs1.[H-].[K+]. The van der Waals surface area contributed by atoms with E-state index in [1.165, 1.54) is 11.3 Å². The van der Waals surface area contributed by atoms with Crippen LogP contribution in [0.15, 0.2) is 17.5 Å². The van der Waals surface area contributed by atoms with Crippen molar-refractivity contribution in [3.8, 4) is 0 Å². The van der Waals surface area contributed by atoms with Crippen molar-refractivity contribution >= 4 is 17.1 Å². The van der Waals surface area contributed by atoms with Gasteiger partial charge >= 0.3 is 51.4 Å². The molecule has 0 N–H and O–H groups in total. The molecule has 0 aliphatic rings. The molecular weight excluding hydrogens is 231 g/mol. The van der Waals surface area contributed by atoms with Gasteiger partial charge in [-0.15, -0.1) is 11.3 Å². The fourth-order valence-electron chi connectivity index (χ4n) is 1.34. The zero-order valence-corrected chi connectivity index (χ0v) is 14.1. The molecule has 0 fully saturated rings. The van der Waals surface area contributed by atoms with Gasteiger partial charge in [0.05, 0.1) is 4.88 Å². The summed E-state index contributed by atoms with van der Waals surface area (Å²) in [5.41, 5.74) is 0.343. The van der Waals surface area contributed by atoms with Crippen LogP contribution in [0.2, 0.25) is 0 Å². The summed E-state index contributed by atoms with van der Waals surface area (Å²) in [5.74, 6) is 0.296. The van der Waals surface area contributed by atoms with Crippen LogP contribution in [0.4, 0.5) is 0 Å². The number of hydrogen-bond acceptors (Lipinski definition) is 2. The second kappa shape index (κ2) is 7.36. The van der Waals surface area contributed by atoms with Crippen LogP contribution in [0.25, 0.3) is 0 Å². The molecule has 1 heterocycles. The van der Waals surface area contributed by atoms with E-state index in [0.29, 0.717) is 17.6 Å². The van der Waals surface area contributed by atoms with Gasteiger partial charge in [-0.1, -0.05) is 26.8 Å². The van der Waals surface area contributed by atoms with E-state index in [1.807, 2.05) is 17.5 Å². The third-order valence-corrected chi connectivity index (χ3v) is 3.04. The number of Topliss-reactive ketones (excluding diaryl/α,β-unsaturated/α-hetero) is 1. The van der Waals surface area contributed by atoms with Crippen molar-refractivity contribution in [3.05, 3.63) is 22.4 Å². The summed E-state index contributed by atoms with van der Waals surface area (Å²) in [7, 11) is 0. The van der Waals surface area contributed by atoms with Gasteiger partial charge in [0.15, 0.2) is 5.78 Å². The second-order valence-corrected chi connectivity index (χ2v) is 5.76. The zero-order chi connectivity index (χ0) is 10.6. The average Bonchev–Trinajstić information content (AvgIpc) is 2.53. The van der Waals surface area contributed by atoms with Crippen molar-refractivity contribution in [1.29, 1.82) is 0 Å². The van der Waals surface area contributed by atoms with Crippen LogP contribution in [0.1, 0.15) is 51.1 Å². The third-order valence-electron chi connectivity index (χ3n) is 2.13. The first-order chi connectivity index (χ1) is 6.49. The summed E-state index contributed by atoms with van der Waals surface area (Å²) in [6.07, 6.45) is 2.81. The van der Waals surface area contributed by atoms with Gasteiger partial charge in [0.1, 0.15) is 0 Å². The number of rotatable bonds is 4. The molecule has 0 spiro atoms. The van der Waals surface area contributed by atoms with Gasteiger partial charge in [0.25, 0.3) is 0 Å². The van der Waals surface area contributed by atoms with Gasteiger partial charge < -0.3 is 1.43 Å². The maximum Gasteiger partial charge on any atom is 1.00 e. The van der Waals surface area contributed by atoms with E-state index in [0.717, 1.165) is 17.7 Å². The Morgan fingerprint density at radius 2 is 2.13 bits per heavy atom. The van der Waals surface area contributed by atoms with Crippen molar-refractivity contribution < 1.29 is 57.6 Å². The molecule has 0 atom stereocenters. The molecule has 0 aromatic carbocycles. The minimum Gasteiger partial charge on any atom is -1.00 e. The number of thiophene rings is 1. The Morgan fingerprint density at radius 3 is 2.60 bits per heavy atom. The van der Waals surface area contributed by atoms with Crippen LogP contribution in [0, 0.1) is 5.41 Å². The molecular formula is C12H19KOS. The fourth-order valence-corrected chi connectivity index (χ4v) is 2.03. The molecule has 0 saturated carbocycles. The van der Waals surface area contributed by atoms with E-state index in [9.17, 15) is 4.79 Å². The van der Waals surface area contributed by atoms with E-state index >= 15 is 0 Å². The summed E-state index contributed by atoms with van der Waals surface area (Å²) >= 11 is 1.54. The van der Waals surface area contributed by atoms with Crippen LogP contribution in [0.5, 0.6) is 0 Å². The molecule has 1 nitrogen and oxygen atoms in total. The Morgan fingerprint density at radius 1 is 1.47 bits per heavy atom. The molecule has 1 aromatic rings. The van der Waals surface area contributed by atoms with Gasteiger partial charge in [0, 0.05) is 6.42 Å². The van der Waals surface area contributed by atoms with E-state index in [2.05, 4.69) is 20.8 Å². The smallest absolute Gasteiger partial charge is 1.00 e.